The van der Waals surface area contributed by atoms with Crippen molar-refractivity contribution in [2.24, 2.45) is 0 Å². The van der Waals surface area contributed by atoms with Gasteiger partial charge in [0.1, 0.15) is 10.8 Å². The van der Waals surface area contributed by atoms with Crippen LogP contribution in [0.25, 0.3) is 11.0 Å². The number of para-hydroxylation sites is 1. The van der Waals surface area contributed by atoms with E-state index in [4.69, 9.17) is 4.98 Å². The topological polar surface area (TPSA) is 44.8 Å². The second-order valence-corrected chi connectivity index (χ2v) is 7.07. The minimum Gasteiger partial charge on any atom is -0.342 e. The van der Waals surface area contributed by atoms with Crippen molar-refractivity contribution in [2.75, 3.05) is 13.1 Å². The molecule has 1 atom stereocenters. The summed E-state index contributed by atoms with van der Waals surface area (Å²) < 4.78 is 0. The molecule has 4 rings (SSSR count). The number of likely N-dealkylation sites (tertiary alicyclic amines) is 1. The molecule has 3 aromatic rings. The van der Waals surface area contributed by atoms with E-state index in [-0.39, 0.29) is 0 Å². The number of nitrogens with one attached hydrogen (secondary N) is 1. The SMILES string of the molecule is Cc1cccc2[nH]c([C@H]3CCCN(Cc4nccs4)C3)nc12. The van der Waals surface area contributed by atoms with Gasteiger partial charge in [-0.05, 0) is 37.9 Å². The van der Waals surface area contributed by atoms with Crippen LogP contribution in [0.1, 0.15) is 35.2 Å². The van der Waals surface area contributed by atoms with Crippen molar-refractivity contribution in [3.05, 3.63) is 46.2 Å². The summed E-state index contributed by atoms with van der Waals surface area (Å²) >= 11 is 1.74. The molecule has 0 radical (unpaired) electrons. The molecule has 0 bridgehead atoms. The van der Waals surface area contributed by atoms with E-state index >= 15 is 0 Å². The smallest absolute Gasteiger partial charge is 0.111 e. The highest BCUT2D eigenvalue weighted by molar-refractivity contribution is 7.09. The molecule has 0 unspecified atom stereocenters. The van der Waals surface area contributed by atoms with E-state index in [9.17, 15) is 0 Å². The van der Waals surface area contributed by atoms with Crippen LogP contribution in [0, 0.1) is 6.92 Å². The van der Waals surface area contributed by atoms with E-state index in [1.165, 1.54) is 23.4 Å². The quantitative estimate of drug-likeness (QED) is 0.802. The normalized spacial score (nSPS) is 19.8. The van der Waals surface area contributed by atoms with Gasteiger partial charge in [-0.25, -0.2) is 9.97 Å². The molecule has 0 amide bonds. The Labute approximate surface area is 134 Å². The number of nitrogens with zero attached hydrogens (tertiary/aromatic N) is 3. The summed E-state index contributed by atoms with van der Waals surface area (Å²) in [6.45, 7) is 5.32. The van der Waals surface area contributed by atoms with Crippen molar-refractivity contribution in [2.45, 2.75) is 32.2 Å². The van der Waals surface area contributed by atoms with Crippen LogP contribution in [0.2, 0.25) is 0 Å². The number of benzene rings is 1. The number of H-pyrrole nitrogens is 1. The van der Waals surface area contributed by atoms with Gasteiger partial charge < -0.3 is 4.98 Å². The van der Waals surface area contributed by atoms with E-state index in [1.807, 2.05) is 6.20 Å². The van der Waals surface area contributed by atoms with Gasteiger partial charge in [-0.15, -0.1) is 11.3 Å². The summed E-state index contributed by atoms with van der Waals surface area (Å²) in [5.41, 5.74) is 3.53. The van der Waals surface area contributed by atoms with Crippen LogP contribution in [0.5, 0.6) is 0 Å². The molecule has 4 nitrogen and oxygen atoms in total. The van der Waals surface area contributed by atoms with Crippen LogP contribution in [0.3, 0.4) is 0 Å². The second kappa shape index (κ2) is 5.82. The number of aromatic nitrogens is 3. The molecule has 1 aliphatic rings. The van der Waals surface area contributed by atoms with Gasteiger partial charge in [-0.1, -0.05) is 12.1 Å². The van der Waals surface area contributed by atoms with E-state index in [0.717, 1.165) is 36.5 Å². The summed E-state index contributed by atoms with van der Waals surface area (Å²) in [7, 11) is 0. The van der Waals surface area contributed by atoms with Crippen LogP contribution in [0.4, 0.5) is 0 Å². The number of aromatic amines is 1. The highest BCUT2D eigenvalue weighted by atomic mass is 32.1. The summed E-state index contributed by atoms with van der Waals surface area (Å²) in [4.78, 5) is 15.3. The third-order valence-electron chi connectivity index (χ3n) is 4.47. The summed E-state index contributed by atoms with van der Waals surface area (Å²) in [5.74, 6) is 1.65. The summed E-state index contributed by atoms with van der Waals surface area (Å²) in [5, 5.41) is 3.26. The maximum atomic E-state index is 4.87. The maximum Gasteiger partial charge on any atom is 0.111 e. The van der Waals surface area contributed by atoms with Crippen LogP contribution in [-0.4, -0.2) is 32.9 Å². The number of fused-ring (bicyclic) bond motifs is 1. The molecule has 1 N–H and O–H groups in total. The standard InChI is InChI=1S/C17H20N4S/c1-12-4-2-6-14-16(12)20-17(19-14)13-5-3-8-21(10-13)11-15-18-7-9-22-15/h2,4,6-7,9,13H,3,5,8,10-11H2,1H3,(H,19,20)/t13-/m0/s1. The Bertz CT molecular complexity index is 762. The van der Waals surface area contributed by atoms with Crippen LogP contribution in [-0.2, 0) is 6.54 Å². The molecule has 1 saturated heterocycles. The summed E-state index contributed by atoms with van der Waals surface area (Å²) in [6.07, 6.45) is 4.34. The van der Waals surface area contributed by atoms with Gasteiger partial charge >= 0.3 is 0 Å². The lowest BCUT2D eigenvalue weighted by molar-refractivity contribution is 0.197. The highest BCUT2D eigenvalue weighted by Gasteiger charge is 2.24. The van der Waals surface area contributed by atoms with Gasteiger partial charge in [-0.2, -0.15) is 0 Å². The van der Waals surface area contributed by atoms with Gasteiger partial charge in [0, 0.05) is 24.0 Å². The Morgan fingerprint density at radius 1 is 1.41 bits per heavy atom. The van der Waals surface area contributed by atoms with Crippen molar-refractivity contribution in [1.29, 1.82) is 0 Å². The van der Waals surface area contributed by atoms with Crippen molar-refractivity contribution >= 4 is 22.4 Å². The molecular formula is C17H20N4S. The zero-order chi connectivity index (χ0) is 14.9. The third-order valence-corrected chi connectivity index (χ3v) is 5.23. The Kier molecular flexibility index (Phi) is 3.68. The first-order valence-electron chi connectivity index (χ1n) is 7.85. The van der Waals surface area contributed by atoms with Gasteiger partial charge in [0.05, 0.1) is 17.6 Å². The molecule has 0 spiro atoms. The van der Waals surface area contributed by atoms with Crippen LogP contribution < -0.4 is 0 Å². The lowest BCUT2D eigenvalue weighted by Crippen LogP contribution is -2.34. The summed E-state index contributed by atoms with van der Waals surface area (Å²) in [6, 6.07) is 6.34. The molecule has 3 heterocycles. The first kappa shape index (κ1) is 13.9. The van der Waals surface area contributed by atoms with E-state index < -0.39 is 0 Å². The number of thiazole rings is 1. The Hall–Kier alpha value is -1.72. The molecule has 0 saturated carbocycles. The number of aryl methyl sites for hydroxylation is 1. The lowest BCUT2D eigenvalue weighted by atomic mass is 9.97. The minimum atomic E-state index is 0.500. The van der Waals surface area contributed by atoms with Crippen molar-refractivity contribution < 1.29 is 0 Å². The Morgan fingerprint density at radius 2 is 2.36 bits per heavy atom. The van der Waals surface area contributed by atoms with Crippen molar-refractivity contribution in [3.63, 3.8) is 0 Å². The van der Waals surface area contributed by atoms with Gasteiger partial charge in [0.25, 0.3) is 0 Å². The van der Waals surface area contributed by atoms with Crippen molar-refractivity contribution in [1.82, 2.24) is 19.9 Å². The average Bonchev–Trinajstić information content (AvgIpc) is 3.17. The van der Waals surface area contributed by atoms with Gasteiger partial charge in [0.2, 0.25) is 0 Å². The average molecular weight is 312 g/mol. The van der Waals surface area contributed by atoms with Crippen LogP contribution >= 0.6 is 11.3 Å². The Balaban J connectivity index is 1.54. The van der Waals surface area contributed by atoms with E-state index in [1.54, 1.807) is 11.3 Å². The highest BCUT2D eigenvalue weighted by Crippen LogP contribution is 2.28. The van der Waals surface area contributed by atoms with Gasteiger partial charge in [-0.3, -0.25) is 4.90 Å². The molecular weight excluding hydrogens is 292 g/mol. The molecule has 22 heavy (non-hydrogen) atoms. The molecule has 1 aliphatic heterocycles. The Morgan fingerprint density at radius 3 is 3.18 bits per heavy atom. The third kappa shape index (κ3) is 2.66. The van der Waals surface area contributed by atoms with Crippen molar-refractivity contribution in [3.8, 4) is 0 Å². The predicted molar refractivity (Wildman–Crippen MR) is 90.2 cm³/mol. The van der Waals surface area contributed by atoms with E-state index in [2.05, 4.69) is 45.4 Å². The molecule has 114 valence electrons. The molecule has 5 heteroatoms. The number of imidazole rings is 1. The zero-order valence-corrected chi connectivity index (χ0v) is 13.6. The molecule has 1 fully saturated rings. The number of hydrogen-bond acceptors (Lipinski definition) is 4. The fraction of sp³-hybridized carbons (Fsp3) is 0.412. The second-order valence-electron chi connectivity index (χ2n) is 6.09. The fourth-order valence-electron chi connectivity index (χ4n) is 3.33. The number of hydrogen-bond donors (Lipinski definition) is 1. The fourth-order valence-corrected chi connectivity index (χ4v) is 3.99. The first-order valence-corrected chi connectivity index (χ1v) is 8.73. The van der Waals surface area contributed by atoms with E-state index in [0.29, 0.717) is 5.92 Å². The molecule has 2 aromatic heterocycles. The molecule has 1 aromatic carbocycles. The number of rotatable bonds is 3. The largest absolute Gasteiger partial charge is 0.342 e. The number of piperidine rings is 1. The minimum absolute atomic E-state index is 0.500. The lowest BCUT2D eigenvalue weighted by Gasteiger charge is -2.31. The zero-order valence-electron chi connectivity index (χ0n) is 12.7. The first-order chi connectivity index (χ1) is 10.8. The predicted octanol–water partition coefficient (Wildman–Crippen LogP) is 3.71. The van der Waals surface area contributed by atoms with Crippen LogP contribution in [0.15, 0.2) is 29.8 Å². The maximum absolute atomic E-state index is 4.87. The molecule has 0 aliphatic carbocycles. The monoisotopic (exact) mass is 312 g/mol. The van der Waals surface area contributed by atoms with Gasteiger partial charge in [0.15, 0.2) is 0 Å².